The zero-order valence-corrected chi connectivity index (χ0v) is 11.4. The van der Waals surface area contributed by atoms with Crippen LogP contribution in [0.25, 0.3) is 0 Å². The van der Waals surface area contributed by atoms with Crippen LogP contribution < -0.4 is 0 Å². The van der Waals surface area contributed by atoms with E-state index in [4.69, 9.17) is 23.2 Å². The van der Waals surface area contributed by atoms with Gasteiger partial charge in [-0.3, -0.25) is 4.79 Å². The molecule has 0 bridgehead atoms. The van der Waals surface area contributed by atoms with E-state index in [0.717, 1.165) is 18.8 Å². The molecule has 92 valence electrons. The van der Waals surface area contributed by atoms with Gasteiger partial charge in [0.1, 0.15) is 4.33 Å². The standard InChI is InChI=1S/C12H19Cl2NO/c1-8-3-5-9(6-4-8)15(2)11(16)10-7-12(10,13)14/h8-10H,3-7H2,1-2H3/t8?,9?,10-/m0/s1. The number of hydrogen-bond acceptors (Lipinski definition) is 1. The van der Waals surface area contributed by atoms with Crippen LogP contribution >= 0.6 is 23.2 Å². The fourth-order valence-corrected chi connectivity index (χ4v) is 3.03. The molecule has 0 aromatic heterocycles. The Labute approximate surface area is 107 Å². The summed E-state index contributed by atoms with van der Waals surface area (Å²) < 4.78 is -0.784. The minimum atomic E-state index is -0.784. The van der Waals surface area contributed by atoms with Crippen molar-refractivity contribution in [2.45, 2.75) is 49.4 Å². The molecule has 0 saturated heterocycles. The Hall–Kier alpha value is 0.0500. The number of nitrogens with zero attached hydrogens (tertiary/aromatic N) is 1. The fraction of sp³-hybridized carbons (Fsp3) is 0.917. The lowest BCUT2D eigenvalue weighted by Gasteiger charge is -2.33. The van der Waals surface area contributed by atoms with Gasteiger partial charge in [0.15, 0.2) is 0 Å². The van der Waals surface area contributed by atoms with Crippen molar-refractivity contribution in [1.82, 2.24) is 4.90 Å². The van der Waals surface area contributed by atoms with Crippen LogP contribution in [0.2, 0.25) is 0 Å². The zero-order valence-electron chi connectivity index (χ0n) is 9.88. The Morgan fingerprint density at radius 3 is 2.19 bits per heavy atom. The van der Waals surface area contributed by atoms with Crippen molar-refractivity contribution in [2.24, 2.45) is 11.8 Å². The van der Waals surface area contributed by atoms with Gasteiger partial charge in [-0.15, -0.1) is 23.2 Å². The van der Waals surface area contributed by atoms with Crippen LogP contribution in [-0.4, -0.2) is 28.2 Å². The molecule has 2 fully saturated rings. The molecule has 2 aliphatic rings. The van der Waals surface area contributed by atoms with E-state index in [-0.39, 0.29) is 11.8 Å². The highest BCUT2D eigenvalue weighted by atomic mass is 35.5. The van der Waals surface area contributed by atoms with E-state index >= 15 is 0 Å². The smallest absolute Gasteiger partial charge is 0.228 e. The maximum atomic E-state index is 12.1. The first kappa shape index (κ1) is 12.5. The lowest BCUT2D eigenvalue weighted by molar-refractivity contribution is -0.134. The Kier molecular flexibility index (Phi) is 3.42. The Morgan fingerprint density at radius 1 is 1.25 bits per heavy atom. The lowest BCUT2D eigenvalue weighted by atomic mass is 9.86. The fourth-order valence-electron chi connectivity index (χ4n) is 2.54. The zero-order chi connectivity index (χ0) is 11.9. The molecule has 1 atom stereocenters. The Bertz CT molecular complexity index is 285. The molecular formula is C12H19Cl2NO. The van der Waals surface area contributed by atoms with E-state index in [1.54, 1.807) is 0 Å². The summed E-state index contributed by atoms with van der Waals surface area (Å²) in [5.74, 6) is 0.769. The molecule has 4 heteroatoms. The quantitative estimate of drug-likeness (QED) is 0.701. The minimum Gasteiger partial charge on any atom is -0.342 e. The maximum absolute atomic E-state index is 12.1. The largest absolute Gasteiger partial charge is 0.342 e. The average Bonchev–Trinajstić information content (AvgIpc) is 2.87. The van der Waals surface area contributed by atoms with Gasteiger partial charge in [0.05, 0.1) is 5.92 Å². The first-order valence-corrected chi connectivity index (χ1v) is 6.82. The predicted octanol–water partition coefficient (Wildman–Crippen LogP) is 3.22. The lowest BCUT2D eigenvalue weighted by Crippen LogP contribution is -2.40. The van der Waals surface area contributed by atoms with Crippen LogP contribution in [0, 0.1) is 11.8 Å². The molecule has 2 nitrogen and oxygen atoms in total. The van der Waals surface area contributed by atoms with E-state index in [1.165, 1.54) is 12.8 Å². The normalized spacial score (nSPS) is 36.9. The second kappa shape index (κ2) is 4.38. The first-order valence-electron chi connectivity index (χ1n) is 6.06. The molecule has 16 heavy (non-hydrogen) atoms. The van der Waals surface area contributed by atoms with Gasteiger partial charge in [-0.05, 0) is 38.0 Å². The number of amides is 1. The van der Waals surface area contributed by atoms with Crippen LogP contribution in [0.3, 0.4) is 0 Å². The third-order valence-corrected chi connectivity index (χ3v) is 4.84. The van der Waals surface area contributed by atoms with Crippen molar-refractivity contribution in [3.63, 3.8) is 0 Å². The van der Waals surface area contributed by atoms with Gasteiger partial charge in [-0.1, -0.05) is 6.92 Å². The van der Waals surface area contributed by atoms with Gasteiger partial charge in [0.2, 0.25) is 5.91 Å². The van der Waals surface area contributed by atoms with Crippen molar-refractivity contribution < 1.29 is 4.79 Å². The maximum Gasteiger partial charge on any atom is 0.228 e. The van der Waals surface area contributed by atoms with Gasteiger partial charge in [0.25, 0.3) is 0 Å². The summed E-state index contributed by atoms with van der Waals surface area (Å²) in [6.45, 7) is 2.28. The van der Waals surface area contributed by atoms with Crippen LogP contribution in [-0.2, 0) is 4.79 Å². The molecule has 0 radical (unpaired) electrons. The summed E-state index contributed by atoms with van der Waals surface area (Å²) >= 11 is 11.9. The predicted molar refractivity (Wildman–Crippen MR) is 66.7 cm³/mol. The molecule has 0 N–H and O–H groups in total. The van der Waals surface area contributed by atoms with Crippen LogP contribution in [0.1, 0.15) is 39.0 Å². The van der Waals surface area contributed by atoms with E-state index in [0.29, 0.717) is 12.5 Å². The van der Waals surface area contributed by atoms with Crippen molar-refractivity contribution in [1.29, 1.82) is 0 Å². The summed E-state index contributed by atoms with van der Waals surface area (Å²) in [6, 6.07) is 0.397. The molecule has 0 aliphatic heterocycles. The van der Waals surface area contributed by atoms with Gasteiger partial charge >= 0.3 is 0 Å². The SMILES string of the molecule is CC1CCC(N(C)C(=O)[C@@H]2CC2(Cl)Cl)CC1. The molecule has 1 amide bonds. The van der Waals surface area contributed by atoms with Crippen LogP contribution in [0.15, 0.2) is 0 Å². The molecule has 0 aromatic carbocycles. The van der Waals surface area contributed by atoms with E-state index in [1.807, 2.05) is 11.9 Å². The van der Waals surface area contributed by atoms with Gasteiger partial charge in [-0.25, -0.2) is 0 Å². The molecule has 2 aliphatic carbocycles. The molecule has 2 saturated carbocycles. The van der Waals surface area contributed by atoms with Gasteiger partial charge in [0, 0.05) is 13.1 Å². The first-order chi connectivity index (χ1) is 7.42. The molecule has 0 unspecified atom stereocenters. The number of carbonyl (C=O) groups is 1. The van der Waals surface area contributed by atoms with E-state index in [2.05, 4.69) is 6.92 Å². The van der Waals surface area contributed by atoms with Crippen molar-refractivity contribution in [2.75, 3.05) is 7.05 Å². The topological polar surface area (TPSA) is 20.3 Å². The van der Waals surface area contributed by atoms with Crippen LogP contribution in [0.5, 0.6) is 0 Å². The highest BCUT2D eigenvalue weighted by molar-refractivity contribution is 6.52. The van der Waals surface area contributed by atoms with E-state index in [9.17, 15) is 4.79 Å². The van der Waals surface area contributed by atoms with Crippen molar-refractivity contribution in [3.05, 3.63) is 0 Å². The van der Waals surface area contributed by atoms with Crippen molar-refractivity contribution >= 4 is 29.1 Å². The van der Waals surface area contributed by atoms with E-state index < -0.39 is 4.33 Å². The molecular weight excluding hydrogens is 245 g/mol. The third kappa shape index (κ3) is 2.48. The Morgan fingerprint density at radius 2 is 1.75 bits per heavy atom. The number of hydrogen-bond donors (Lipinski definition) is 0. The summed E-state index contributed by atoms with van der Waals surface area (Å²) in [5, 5.41) is 0. The number of carbonyl (C=O) groups excluding carboxylic acids is 1. The van der Waals surface area contributed by atoms with Gasteiger partial charge in [-0.2, -0.15) is 0 Å². The highest BCUT2D eigenvalue weighted by Crippen LogP contribution is 2.54. The van der Waals surface area contributed by atoms with Crippen molar-refractivity contribution in [3.8, 4) is 0 Å². The monoisotopic (exact) mass is 263 g/mol. The van der Waals surface area contributed by atoms with Gasteiger partial charge < -0.3 is 4.90 Å². The molecule has 0 heterocycles. The summed E-state index contributed by atoms with van der Waals surface area (Å²) in [7, 11) is 1.89. The summed E-state index contributed by atoms with van der Waals surface area (Å²) in [4.78, 5) is 13.9. The number of rotatable bonds is 2. The Balaban J connectivity index is 1.88. The highest BCUT2D eigenvalue weighted by Gasteiger charge is 2.57. The summed E-state index contributed by atoms with van der Waals surface area (Å²) in [6.07, 6.45) is 5.30. The molecule has 0 aromatic rings. The number of halogens is 2. The second-order valence-electron chi connectivity index (χ2n) is 5.38. The summed E-state index contributed by atoms with van der Waals surface area (Å²) in [5.41, 5.74) is 0. The minimum absolute atomic E-state index is 0.129. The van der Waals surface area contributed by atoms with Crippen LogP contribution in [0.4, 0.5) is 0 Å². The molecule has 0 spiro atoms. The molecule has 2 rings (SSSR count). The second-order valence-corrected chi connectivity index (χ2v) is 6.92. The average molecular weight is 264 g/mol. The number of alkyl halides is 2. The third-order valence-electron chi connectivity index (χ3n) is 4.00.